The number of anilines is 1. The number of hydrogen-bond acceptors (Lipinski definition) is 2. The molecule has 0 N–H and O–H groups in total. The van der Waals surface area contributed by atoms with E-state index in [1.54, 1.807) is 0 Å². The molecule has 1 aliphatic rings. The normalized spacial score (nSPS) is 16.2. The molecule has 1 saturated heterocycles. The van der Waals surface area contributed by atoms with Gasteiger partial charge in [-0.05, 0) is 48.2 Å². The molecule has 0 aliphatic carbocycles. The number of fused-ring (bicyclic) bond motifs is 1. The van der Waals surface area contributed by atoms with Gasteiger partial charge in [-0.1, -0.05) is 67.9 Å². The molecule has 1 aliphatic heterocycles. The molecule has 1 aromatic heterocycles. The Labute approximate surface area is 189 Å². The maximum Gasteiger partial charge on any atom is 0.227 e. The highest BCUT2D eigenvalue weighted by atomic mass is 16.2. The molecule has 5 rings (SSSR count). The first-order valence-electron chi connectivity index (χ1n) is 11.6. The summed E-state index contributed by atoms with van der Waals surface area (Å²) in [5.74, 6) is 1.26. The van der Waals surface area contributed by atoms with Gasteiger partial charge in [-0.3, -0.25) is 4.79 Å². The molecule has 0 spiro atoms. The molecule has 0 saturated carbocycles. The fourth-order valence-electron chi connectivity index (χ4n) is 4.69. The van der Waals surface area contributed by atoms with Crippen molar-refractivity contribution < 1.29 is 4.79 Å². The van der Waals surface area contributed by atoms with E-state index >= 15 is 0 Å². The van der Waals surface area contributed by atoms with Gasteiger partial charge in [0.25, 0.3) is 0 Å². The minimum Gasteiger partial charge on any atom is -0.323 e. The number of aryl methyl sites for hydroxylation is 1. The second kappa shape index (κ2) is 8.99. The molecule has 1 atom stereocenters. The smallest absolute Gasteiger partial charge is 0.227 e. The Kier molecular flexibility index (Phi) is 5.76. The maximum atomic E-state index is 13.0. The third kappa shape index (κ3) is 4.05. The van der Waals surface area contributed by atoms with Crippen LogP contribution in [0.2, 0.25) is 0 Å². The van der Waals surface area contributed by atoms with E-state index < -0.39 is 0 Å². The van der Waals surface area contributed by atoms with Crippen LogP contribution in [0.3, 0.4) is 0 Å². The molecule has 4 aromatic rings. The standard InChI is InChI=1S/C28H29N3O/c1-2-3-9-21-14-16-24(17-15-21)30-20-23(18-27(30)32)28-29-25-12-7-8-13-26(25)31(28)19-22-10-5-4-6-11-22/h4-8,10-17,23H,2-3,9,18-20H2,1H3. The van der Waals surface area contributed by atoms with Crippen molar-refractivity contribution >= 4 is 22.6 Å². The van der Waals surface area contributed by atoms with Gasteiger partial charge in [0.1, 0.15) is 5.82 Å². The van der Waals surface area contributed by atoms with Crippen molar-refractivity contribution in [3.8, 4) is 0 Å². The third-order valence-electron chi connectivity index (χ3n) is 6.42. The van der Waals surface area contributed by atoms with Gasteiger partial charge < -0.3 is 9.47 Å². The highest BCUT2D eigenvalue weighted by molar-refractivity contribution is 5.96. The number of carbonyl (C=O) groups is 1. The van der Waals surface area contributed by atoms with Crippen molar-refractivity contribution in [3.05, 3.63) is 95.8 Å². The van der Waals surface area contributed by atoms with Crippen LogP contribution in [0.25, 0.3) is 11.0 Å². The Morgan fingerprint density at radius 1 is 0.906 bits per heavy atom. The van der Waals surface area contributed by atoms with Crippen LogP contribution in [-0.2, 0) is 17.8 Å². The Hall–Kier alpha value is -3.40. The number of amides is 1. The molecule has 3 aromatic carbocycles. The minimum absolute atomic E-state index is 0.0818. The van der Waals surface area contributed by atoms with E-state index in [-0.39, 0.29) is 11.8 Å². The van der Waals surface area contributed by atoms with Gasteiger partial charge in [0.2, 0.25) is 5.91 Å². The van der Waals surface area contributed by atoms with E-state index in [1.165, 1.54) is 24.0 Å². The van der Waals surface area contributed by atoms with Gasteiger partial charge in [0.15, 0.2) is 0 Å². The first-order valence-corrected chi connectivity index (χ1v) is 11.6. The molecule has 162 valence electrons. The zero-order valence-electron chi connectivity index (χ0n) is 18.6. The third-order valence-corrected chi connectivity index (χ3v) is 6.42. The summed E-state index contributed by atoms with van der Waals surface area (Å²) in [6.45, 7) is 3.64. The molecule has 32 heavy (non-hydrogen) atoms. The highest BCUT2D eigenvalue weighted by Gasteiger charge is 2.34. The zero-order valence-corrected chi connectivity index (χ0v) is 18.6. The minimum atomic E-state index is 0.0818. The number of aromatic nitrogens is 2. The van der Waals surface area contributed by atoms with Gasteiger partial charge in [-0.15, -0.1) is 0 Å². The Morgan fingerprint density at radius 2 is 1.66 bits per heavy atom. The Bertz CT molecular complexity index is 1210. The summed E-state index contributed by atoms with van der Waals surface area (Å²) < 4.78 is 2.29. The van der Waals surface area contributed by atoms with Crippen molar-refractivity contribution in [2.75, 3.05) is 11.4 Å². The number of imidazole rings is 1. The number of carbonyl (C=O) groups excluding carboxylic acids is 1. The molecular weight excluding hydrogens is 394 g/mol. The van der Waals surface area contributed by atoms with Crippen LogP contribution < -0.4 is 4.90 Å². The molecule has 2 heterocycles. The fraction of sp³-hybridized carbons (Fsp3) is 0.286. The van der Waals surface area contributed by atoms with Gasteiger partial charge in [0, 0.05) is 31.1 Å². The second-order valence-electron chi connectivity index (χ2n) is 8.71. The lowest BCUT2D eigenvalue weighted by molar-refractivity contribution is -0.117. The lowest BCUT2D eigenvalue weighted by Crippen LogP contribution is -2.24. The Balaban J connectivity index is 1.43. The average molecular weight is 424 g/mol. The lowest BCUT2D eigenvalue weighted by atomic mass is 10.1. The first-order chi connectivity index (χ1) is 15.7. The van der Waals surface area contributed by atoms with Crippen LogP contribution in [0.4, 0.5) is 5.69 Å². The SMILES string of the molecule is CCCCc1ccc(N2CC(c3nc4ccccc4n3Cc3ccccc3)CC2=O)cc1. The summed E-state index contributed by atoms with van der Waals surface area (Å²) in [5, 5.41) is 0. The summed E-state index contributed by atoms with van der Waals surface area (Å²) >= 11 is 0. The number of nitrogens with zero attached hydrogens (tertiary/aromatic N) is 3. The van der Waals surface area contributed by atoms with Crippen LogP contribution in [0.15, 0.2) is 78.9 Å². The molecule has 0 radical (unpaired) electrons. The van der Waals surface area contributed by atoms with E-state index in [1.807, 2.05) is 17.0 Å². The quantitative estimate of drug-likeness (QED) is 0.368. The number of hydrogen-bond donors (Lipinski definition) is 0. The molecule has 4 nitrogen and oxygen atoms in total. The van der Waals surface area contributed by atoms with Crippen molar-refractivity contribution in [1.29, 1.82) is 0 Å². The van der Waals surface area contributed by atoms with Crippen molar-refractivity contribution in [2.24, 2.45) is 0 Å². The van der Waals surface area contributed by atoms with Gasteiger partial charge in [0.05, 0.1) is 11.0 Å². The van der Waals surface area contributed by atoms with E-state index in [0.717, 1.165) is 35.5 Å². The van der Waals surface area contributed by atoms with Crippen molar-refractivity contribution in [2.45, 2.75) is 45.1 Å². The molecule has 1 amide bonds. The van der Waals surface area contributed by atoms with Crippen LogP contribution in [0.5, 0.6) is 0 Å². The topological polar surface area (TPSA) is 38.1 Å². The number of unbranched alkanes of at least 4 members (excludes halogenated alkanes) is 1. The predicted molar refractivity (Wildman–Crippen MR) is 130 cm³/mol. The van der Waals surface area contributed by atoms with Gasteiger partial charge in [-0.2, -0.15) is 0 Å². The van der Waals surface area contributed by atoms with Gasteiger partial charge in [-0.25, -0.2) is 4.98 Å². The van der Waals surface area contributed by atoms with Crippen LogP contribution in [0.1, 0.15) is 49.1 Å². The van der Waals surface area contributed by atoms with Crippen LogP contribution in [-0.4, -0.2) is 22.0 Å². The van der Waals surface area contributed by atoms with E-state index in [4.69, 9.17) is 4.98 Å². The largest absolute Gasteiger partial charge is 0.323 e. The average Bonchev–Trinajstić information content (AvgIpc) is 3.39. The van der Waals surface area contributed by atoms with E-state index in [9.17, 15) is 4.79 Å². The fourth-order valence-corrected chi connectivity index (χ4v) is 4.69. The van der Waals surface area contributed by atoms with Crippen molar-refractivity contribution in [3.63, 3.8) is 0 Å². The lowest BCUT2D eigenvalue weighted by Gasteiger charge is -2.18. The summed E-state index contributed by atoms with van der Waals surface area (Å²) in [6, 6.07) is 27.2. The summed E-state index contributed by atoms with van der Waals surface area (Å²) in [4.78, 5) is 19.9. The van der Waals surface area contributed by atoms with Crippen molar-refractivity contribution in [1.82, 2.24) is 9.55 Å². The monoisotopic (exact) mass is 423 g/mol. The molecule has 1 fully saturated rings. The molecule has 4 heteroatoms. The Morgan fingerprint density at radius 3 is 2.44 bits per heavy atom. The number of benzene rings is 3. The zero-order chi connectivity index (χ0) is 21.9. The highest BCUT2D eigenvalue weighted by Crippen LogP contribution is 2.33. The number of rotatable bonds is 7. The predicted octanol–water partition coefficient (Wildman–Crippen LogP) is 5.95. The number of para-hydroxylation sites is 2. The van der Waals surface area contributed by atoms with E-state index in [2.05, 4.69) is 78.2 Å². The summed E-state index contributed by atoms with van der Waals surface area (Å²) in [7, 11) is 0. The van der Waals surface area contributed by atoms with Crippen LogP contribution >= 0.6 is 0 Å². The van der Waals surface area contributed by atoms with Crippen LogP contribution in [0, 0.1) is 0 Å². The maximum absolute atomic E-state index is 13.0. The molecule has 0 bridgehead atoms. The second-order valence-corrected chi connectivity index (χ2v) is 8.71. The summed E-state index contributed by atoms with van der Waals surface area (Å²) in [5.41, 5.74) is 5.68. The first kappa shape index (κ1) is 20.5. The molecular formula is C28H29N3O. The van der Waals surface area contributed by atoms with Gasteiger partial charge >= 0.3 is 0 Å². The van der Waals surface area contributed by atoms with E-state index in [0.29, 0.717) is 13.0 Å². The molecule has 1 unspecified atom stereocenters. The summed E-state index contributed by atoms with van der Waals surface area (Å²) in [6.07, 6.45) is 3.98.